The number of benzene rings is 2. The van der Waals surface area contributed by atoms with Crippen LogP contribution in [0.25, 0.3) is 0 Å². The molecule has 0 saturated carbocycles. The number of aliphatic hydroxyl groups is 1. The first-order chi connectivity index (χ1) is 23.2. The van der Waals surface area contributed by atoms with Crippen LogP contribution >= 0.6 is 0 Å². The molecule has 2 aromatic carbocycles. The number of sulfonamides is 2. The highest BCUT2D eigenvalue weighted by atomic mass is 32.2. The van der Waals surface area contributed by atoms with E-state index in [9.17, 15) is 26.7 Å². The molecule has 49 heavy (non-hydrogen) atoms. The predicted molar refractivity (Wildman–Crippen MR) is 179 cm³/mol. The Morgan fingerprint density at radius 2 is 1.82 bits per heavy atom. The zero-order valence-corrected chi connectivity index (χ0v) is 29.7. The summed E-state index contributed by atoms with van der Waals surface area (Å²) < 4.78 is 82.8. The van der Waals surface area contributed by atoms with Crippen molar-refractivity contribution in [1.82, 2.24) is 14.3 Å². The molecule has 2 aromatic rings. The average molecular weight is 726 g/mol. The number of alkyl carbamates (subject to hydrolysis) is 1. The van der Waals surface area contributed by atoms with Crippen LogP contribution in [0.1, 0.15) is 45.1 Å². The number of hydrogen-bond donors (Lipinski definition) is 3. The van der Waals surface area contributed by atoms with Crippen LogP contribution in [0.15, 0.2) is 53.4 Å². The van der Waals surface area contributed by atoms with Gasteiger partial charge in [-0.1, -0.05) is 50.6 Å². The number of nitrogens with one attached hydrogen (secondary N) is 2. The highest BCUT2D eigenvalue weighted by Crippen LogP contribution is 2.36. The second kappa shape index (κ2) is 15.9. The Hall–Kier alpha value is -2.99. The monoisotopic (exact) mass is 725 g/mol. The van der Waals surface area contributed by atoms with Crippen LogP contribution in [0.2, 0.25) is 0 Å². The van der Waals surface area contributed by atoms with Crippen LogP contribution < -0.4 is 19.5 Å². The molecule has 2 saturated heterocycles. The smallest absolute Gasteiger partial charge is 0.407 e. The van der Waals surface area contributed by atoms with Gasteiger partial charge in [0.25, 0.3) is 0 Å². The van der Waals surface area contributed by atoms with Crippen molar-refractivity contribution in [3.05, 3.63) is 54.1 Å². The Bertz CT molecular complexity index is 1640. The van der Waals surface area contributed by atoms with E-state index in [0.29, 0.717) is 43.8 Å². The number of amides is 1. The maximum Gasteiger partial charge on any atom is 0.407 e. The first-order valence-electron chi connectivity index (χ1n) is 16.5. The van der Waals surface area contributed by atoms with Crippen molar-refractivity contribution in [2.45, 2.75) is 75.4 Å². The minimum Gasteiger partial charge on any atom is -0.454 e. The molecule has 0 aliphatic carbocycles. The maximum atomic E-state index is 14.3. The highest BCUT2D eigenvalue weighted by molar-refractivity contribution is 7.89. The fraction of sp³-hybridized carbons (Fsp3) is 0.606. The van der Waals surface area contributed by atoms with Crippen LogP contribution in [0.3, 0.4) is 0 Å². The van der Waals surface area contributed by atoms with E-state index >= 15 is 0 Å². The number of nitrogens with zero attached hydrogens (tertiary/aromatic N) is 1. The molecule has 0 aromatic heterocycles. The van der Waals surface area contributed by atoms with E-state index in [1.54, 1.807) is 0 Å². The summed E-state index contributed by atoms with van der Waals surface area (Å²) in [6, 6.07) is 12.7. The van der Waals surface area contributed by atoms with Gasteiger partial charge in [0, 0.05) is 25.7 Å². The number of hydrogen-bond acceptors (Lipinski definition) is 11. The van der Waals surface area contributed by atoms with Crippen molar-refractivity contribution in [1.29, 1.82) is 0 Å². The summed E-state index contributed by atoms with van der Waals surface area (Å²) in [5, 5.41) is 14.6. The third-order valence-electron chi connectivity index (χ3n) is 8.93. The number of carbonyl (C=O) groups excluding carboxylic acids is 1. The average Bonchev–Trinajstić information content (AvgIpc) is 3.79. The Morgan fingerprint density at radius 1 is 1.06 bits per heavy atom. The van der Waals surface area contributed by atoms with Gasteiger partial charge in [0.05, 0.1) is 42.4 Å². The third-order valence-corrected chi connectivity index (χ3v) is 11.5. The molecule has 1 amide bonds. The predicted octanol–water partition coefficient (Wildman–Crippen LogP) is 2.61. The lowest BCUT2D eigenvalue weighted by molar-refractivity contribution is -0.0907. The first kappa shape index (κ1) is 37.3. The Labute approximate surface area is 288 Å². The second-order valence-corrected chi connectivity index (χ2v) is 17.3. The number of aliphatic hydroxyl groups excluding tert-OH is 1. The molecule has 5 rings (SSSR count). The van der Waals surface area contributed by atoms with Crippen LogP contribution in [-0.2, 0) is 40.7 Å². The van der Waals surface area contributed by atoms with Gasteiger partial charge in [0.1, 0.15) is 6.10 Å². The number of ether oxygens (including phenoxy) is 5. The van der Waals surface area contributed by atoms with E-state index in [1.807, 2.05) is 44.2 Å². The molecule has 2 fully saturated rings. The fourth-order valence-corrected chi connectivity index (χ4v) is 8.51. The molecule has 272 valence electrons. The minimum atomic E-state index is -4.20. The summed E-state index contributed by atoms with van der Waals surface area (Å²) in [6.45, 7) is 4.52. The van der Waals surface area contributed by atoms with Crippen molar-refractivity contribution in [3.8, 4) is 11.5 Å². The molecule has 3 heterocycles. The molecular weight excluding hydrogens is 679 g/mol. The molecule has 0 radical (unpaired) electrons. The van der Waals surface area contributed by atoms with Crippen molar-refractivity contribution in [2.24, 2.45) is 11.3 Å². The largest absolute Gasteiger partial charge is 0.454 e. The van der Waals surface area contributed by atoms with E-state index in [-0.39, 0.29) is 50.3 Å². The standard InChI is InChI=1S/C33H47N3O11S2/c1-33(2,14-7-8-15-34-48(3,39)40)21-36(49(41,42)24-11-12-28-29(18-24)46-22-45-28)19-27(37)26(17-23-9-5-4-6-10-23)35-32(38)47-30-20-44-31-25(30)13-16-43-31/h4-6,9-12,18,25-27,30-31,34,37H,7-8,13-17,19-22H2,1-3H3,(H,35,38)/t25-,26+,27-,30-,31+/m1/s1. The molecule has 0 spiro atoms. The third kappa shape index (κ3) is 10.3. The topological polar surface area (TPSA) is 179 Å². The van der Waals surface area contributed by atoms with Gasteiger partial charge in [-0.05, 0) is 48.8 Å². The Morgan fingerprint density at radius 3 is 2.57 bits per heavy atom. The summed E-state index contributed by atoms with van der Waals surface area (Å²) >= 11 is 0. The van der Waals surface area contributed by atoms with Crippen LogP contribution in [-0.4, -0.2) is 103 Å². The molecule has 5 atom stereocenters. The van der Waals surface area contributed by atoms with Gasteiger partial charge < -0.3 is 34.1 Å². The molecule has 3 N–H and O–H groups in total. The molecule has 0 unspecified atom stereocenters. The van der Waals surface area contributed by atoms with Crippen molar-refractivity contribution in [3.63, 3.8) is 0 Å². The zero-order valence-electron chi connectivity index (χ0n) is 28.1. The van der Waals surface area contributed by atoms with Gasteiger partial charge in [-0.2, -0.15) is 4.31 Å². The summed E-state index contributed by atoms with van der Waals surface area (Å²) in [4.78, 5) is 13.2. The maximum absolute atomic E-state index is 14.3. The molecule has 14 nitrogen and oxygen atoms in total. The molecule has 3 aliphatic rings. The van der Waals surface area contributed by atoms with Crippen molar-refractivity contribution < 1.29 is 50.4 Å². The zero-order chi connectivity index (χ0) is 35.2. The molecule has 3 aliphatic heterocycles. The van der Waals surface area contributed by atoms with E-state index in [0.717, 1.165) is 11.8 Å². The molecule has 16 heteroatoms. The Kier molecular flexibility index (Phi) is 12.1. The number of fused-ring (bicyclic) bond motifs is 2. The Balaban J connectivity index is 1.34. The van der Waals surface area contributed by atoms with Crippen LogP contribution in [0, 0.1) is 11.3 Å². The van der Waals surface area contributed by atoms with E-state index in [4.69, 9.17) is 23.7 Å². The van der Waals surface area contributed by atoms with E-state index in [2.05, 4.69) is 10.0 Å². The van der Waals surface area contributed by atoms with Crippen molar-refractivity contribution in [2.75, 3.05) is 45.9 Å². The minimum absolute atomic E-state index is 0.0210. The van der Waals surface area contributed by atoms with Gasteiger partial charge in [0.15, 0.2) is 17.8 Å². The van der Waals surface area contributed by atoms with Gasteiger partial charge in [-0.25, -0.2) is 26.4 Å². The quantitative estimate of drug-likeness (QED) is 0.204. The molecular formula is C33H47N3O11S2. The fourth-order valence-electron chi connectivity index (χ4n) is 6.33. The summed E-state index contributed by atoms with van der Waals surface area (Å²) in [5.74, 6) is 0.661. The van der Waals surface area contributed by atoms with Gasteiger partial charge in [0.2, 0.25) is 26.8 Å². The first-order valence-corrected chi connectivity index (χ1v) is 19.8. The number of unbranched alkanes of at least 4 members (excludes halogenated alkanes) is 1. The summed E-state index contributed by atoms with van der Waals surface area (Å²) in [5.41, 5.74) is 0.256. The summed E-state index contributed by atoms with van der Waals surface area (Å²) in [7, 11) is -7.51. The summed E-state index contributed by atoms with van der Waals surface area (Å²) in [6.07, 6.45) is 0.812. The van der Waals surface area contributed by atoms with Gasteiger partial charge in [-0.3, -0.25) is 0 Å². The highest BCUT2D eigenvalue weighted by Gasteiger charge is 2.44. The lowest BCUT2D eigenvalue weighted by Crippen LogP contribution is -2.52. The van der Waals surface area contributed by atoms with Crippen LogP contribution in [0.5, 0.6) is 11.5 Å². The van der Waals surface area contributed by atoms with E-state index < -0.39 is 56.1 Å². The van der Waals surface area contributed by atoms with Gasteiger partial charge >= 0.3 is 6.09 Å². The normalized spacial score (nSPS) is 21.8. The van der Waals surface area contributed by atoms with Crippen molar-refractivity contribution >= 4 is 26.1 Å². The lowest BCUT2D eigenvalue weighted by Gasteiger charge is -2.35. The second-order valence-electron chi connectivity index (χ2n) is 13.6. The number of carbonyl (C=O) groups is 1. The molecule has 0 bridgehead atoms. The SMILES string of the molecule is CC(C)(CCCCNS(C)(=O)=O)CN(C[C@@H](O)[C@H](Cc1ccccc1)NC(=O)O[C@@H]1CO[C@@H]2OCC[C@@H]21)S(=O)(=O)c1ccc2c(c1)OCO2. The lowest BCUT2D eigenvalue weighted by atomic mass is 9.87. The van der Waals surface area contributed by atoms with Crippen LogP contribution in [0.4, 0.5) is 4.79 Å². The van der Waals surface area contributed by atoms with E-state index in [1.165, 1.54) is 22.5 Å². The van der Waals surface area contributed by atoms with Gasteiger partial charge in [-0.15, -0.1) is 0 Å². The number of rotatable bonds is 17.